The highest BCUT2D eigenvalue weighted by Crippen LogP contribution is 2.29. The number of benzene rings is 2. The highest BCUT2D eigenvalue weighted by Gasteiger charge is 2.33. The minimum Gasteiger partial charge on any atom is -0.423 e. The van der Waals surface area contributed by atoms with Crippen molar-refractivity contribution in [2.45, 2.75) is 39.3 Å². The normalized spacial score (nSPS) is 19.6. The van der Waals surface area contributed by atoms with E-state index in [-0.39, 0.29) is 5.63 Å². The molecule has 1 aliphatic heterocycles. The van der Waals surface area contributed by atoms with Crippen molar-refractivity contribution in [2.75, 3.05) is 6.54 Å². The van der Waals surface area contributed by atoms with Crippen molar-refractivity contribution in [1.29, 1.82) is 0 Å². The second-order valence-electron chi connectivity index (χ2n) is 7.82. The van der Waals surface area contributed by atoms with Gasteiger partial charge in [0.1, 0.15) is 18.2 Å². The Morgan fingerprint density at radius 3 is 2.86 bits per heavy atom. The van der Waals surface area contributed by atoms with Crippen molar-refractivity contribution < 1.29 is 9.32 Å². The third kappa shape index (κ3) is 3.05. The van der Waals surface area contributed by atoms with E-state index in [9.17, 15) is 4.79 Å². The van der Waals surface area contributed by atoms with E-state index in [1.165, 1.54) is 26.6 Å². The molecule has 28 heavy (non-hydrogen) atoms. The number of nitrogens with one attached hydrogen (secondary N) is 1. The van der Waals surface area contributed by atoms with Crippen molar-refractivity contribution in [3.63, 3.8) is 0 Å². The van der Waals surface area contributed by atoms with E-state index in [2.05, 4.69) is 38.1 Å². The number of para-hydroxylation sites is 1. The standard InChI is InChI=1S/C23H22N2O2S/c1-14-10-17-16(12-22(26)27-20(17)11-15(14)2)13-25-9-5-7-19(25)23-24-18-6-3-4-8-21(18)28-23/h3-4,6,8,10-12,19H,5,7,9,13H2,1-2H3/p+1/t19-/m1/s1. The molecular weight excluding hydrogens is 368 g/mol. The molecule has 5 rings (SSSR count). The highest BCUT2D eigenvalue weighted by atomic mass is 32.1. The van der Waals surface area contributed by atoms with E-state index < -0.39 is 0 Å². The van der Waals surface area contributed by atoms with Crippen LogP contribution in [0.2, 0.25) is 0 Å². The summed E-state index contributed by atoms with van der Waals surface area (Å²) < 4.78 is 6.73. The average molecular weight is 392 g/mol. The number of rotatable bonds is 3. The average Bonchev–Trinajstić information content (AvgIpc) is 3.29. The maximum Gasteiger partial charge on any atom is 0.336 e. The van der Waals surface area contributed by atoms with Crippen LogP contribution in [0.25, 0.3) is 21.2 Å². The second kappa shape index (κ2) is 6.83. The van der Waals surface area contributed by atoms with Gasteiger partial charge in [0.25, 0.3) is 0 Å². The summed E-state index contributed by atoms with van der Waals surface area (Å²) in [6.45, 7) is 6.09. The Morgan fingerprint density at radius 1 is 1.18 bits per heavy atom. The van der Waals surface area contributed by atoms with Crippen LogP contribution in [0.5, 0.6) is 0 Å². The molecular formula is C23H23N2O2S+. The molecule has 5 heteroatoms. The zero-order valence-electron chi connectivity index (χ0n) is 16.1. The number of fused-ring (bicyclic) bond motifs is 2. The van der Waals surface area contributed by atoms with Crippen molar-refractivity contribution in [3.8, 4) is 0 Å². The summed E-state index contributed by atoms with van der Waals surface area (Å²) in [5, 5.41) is 2.28. The summed E-state index contributed by atoms with van der Waals surface area (Å²) in [4.78, 5) is 18.6. The SMILES string of the molecule is Cc1cc2oc(=O)cc(C[NH+]3CCC[C@@H]3c3nc4ccccc4s3)c2cc1C. The van der Waals surface area contributed by atoms with E-state index in [0.717, 1.165) is 41.5 Å². The number of aromatic nitrogens is 1. The van der Waals surface area contributed by atoms with Crippen LogP contribution in [0.4, 0.5) is 0 Å². The molecule has 142 valence electrons. The predicted molar refractivity (Wildman–Crippen MR) is 113 cm³/mol. The Kier molecular flexibility index (Phi) is 4.29. The molecule has 2 aromatic carbocycles. The largest absolute Gasteiger partial charge is 0.423 e. The number of likely N-dealkylation sites (tertiary alicyclic amines) is 1. The fourth-order valence-corrected chi connectivity index (χ4v) is 5.50. The summed E-state index contributed by atoms with van der Waals surface area (Å²) in [5.74, 6) is 0. The molecule has 0 amide bonds. The molecule has 1 saturated heterocycles. The molecule has 0 saturated carbocycles. The van der Waals surface area contributed by atoms with Crippen LogP contribution < -0.4 is 10.5 Å². The van der Waals surface area contributed by atoms with E-state index in [1.807, 2.05) is 23.5 Å². The smallest absolute Gasteiger partial charge is 0.336 e. The van der Waals surface area contributed by atoms with Crippen LogP contribution in [-0.4, -0.2) is 11.5 Å². The van der Waals surface area contributed by atoms with Gasteiger partial charge in [-0.05, 0) is 49.2 Å². The number of aryl methyl sites for hydroxylation is 2. The molecule has 0 radical (unpaired) electrons. The Balaban J connectivity index is 1.53. The Hall–Kier alpha value is -2.50. The monoisotopic (exact) mass is 391 g/mol. The fourth-order valence-electron chi connectivity index (χ4n) is 4.33. The van der Waals surface area contributed by atoms with E-state index in [1.54, 1.807) is 6.07 Å². The van der Waals surface area contributed by atoms with E-state index in [4.69, 9.17) is 9.40 Å². The van der Waals surface area contributed by atoms with Gasteiger partial charge in [-0.15, -0.1) is 11.3 Å². The van der Waals surface area contributed by atoms with Gasteiger partial charge < -0.3 is 9.32 Å². The van der Waals surface area contributed by atoms with Gasteiger partial charge in [0.2, 0.25) is 0 Å². The van der Waals surface area contributed by atoms with Gasteiger partial charge in [0, 0.05) is 29.9 Å². The molecule has 0 aliphatic carbocycles. The molecule has 1 N–H and O–H groups in total. The Labute approximate surface area is 167 Å². The molecule has 3 heterocycles. The van der Waals surface area contributed by atoms with Crippen LogP contribution in [-0.2, 0) is 6.54 Å². The van der Waals surface area contributed by atoms with Gasteiger partial charge in [-0.2, -0.15) is 0 Å². The first-order valence-corrected chi connectivity index (χ1v) is 10.6. The molecule has 1 fully saturated rings. The van der Waals surface area contributed by atoms with Crippen LogP contribution in [0.3, 0.4) is 0 Å². The van der Waals surface area contributed by atoms with Gasteiger partial charge >= 0.3 is 5.63 Å². The molecule has 1 unspecified atom stereocenters. The van der Waals surface area contributed by atoms with Gasteiger partial charge in [-0.3, -0.25) is 0 Å². The molecule has 2 aromatic heterocycles. The molecule has 4 aromatic rings. The summed E-state index contributed by atoms with van der Waals surface area (Å²) in [5.41, 5.74) is 4.97. The van der Waals surface area contributed by atoms with Gasteiger partial charge in [-0.25, -0.2) is 9.78 Å². The molecule has 0 bridgehead atoms. The first-order valence-electron chi connectivity index (χ1n) is 9.82. The maximum atomic E-state index is 12.2. The third-order valence-electron chi connectivity index (χ3n) is 5.95. The minimum absolute atomic E-state index is 0.263. The molecule has 0 spiro atoms. The van der Waals surface area contributed by atoms with Gasteiger partial charge in [-0.1, -0.05) is 12.1 Å². The zero-order valence-corrected chi connectivity index (χ0v) is 16.9. The zero-order chi connectivity index (χ0) is 19.3. The lowest BCUT2D eigenvalue weighted by atomic mass is 10.0. The molecule has 2 atom stereocenters. The maximum absolute atomic E-state index is 12.2. The van der Waals surface area contributed by atoms with Gasteiger partial charge in [0.05, 0.1) is 16.8 Å². The van der Waals surface area contributed by atoms with Crippen LogP contribution in [0.15, 0.2) is 51.7 Å². The van der Waals surface area contributed by atoms with Crippen molar-refractivity contribution in [2.24, 2.45) is 0 Å². The number of nitrogens with zero attached hydrogens (tertiary/aromatic N) is 1. The van der Waals surface area contributed by atoms with Crippen molar-refractivity contribution in [1.82, 2.24) is 4.98 Å². The number of hydrogen-bond donors (Lipinski definition) is 1. The molecule has 4 nitrogen and oxygen atoms in total. The summed E-state index contributed by atoms with van der Waals surface area (Å²) in [6.07, 6.45) is 2.33. The second-order valence-corrected chi connectivity index (χ2v) is 8.89. The lowest BCUT2D eigenvalue weighted by Gasteiger charge is -2.20. The van der Waals surface area contributed by atoms with E-state index >= 15 is 0 Å². The quantitative estimate of drug-likeness (QED) is 0.538. The number of hydrogen-bond acceptors (Lipinski definition) is 4. The van der Waals surface area contributed by atoms with Crippen LogP contribution in [0.1, 0.15) is 40.6 Å². The minimum atomic E-state index is -0.263. The first-order chi connectivity index (χ1) is 13.6. The summed E-state index contributed by atoms with van der Waals surface area (Å²) in [7, 11) is 0. The Morgan fingerprint density at radius 2 is 2.00 bits per heavy atom. The Bertz CT molecular complexity index is 1210. The number of quaternary nitrogens is 1. The summed E-state index contributed by atoms with van der Waals surface area (Å²) in [6, 6.07) is 14.6. The van der Waals surface area contributed by atoms with E-state index in [0.29, 0.717) is 11.6 Å². The van der Waals surface area contributed by atoms with Gasteiger partial charge in [0.15, 0.2) is 5.01 Å². The lowest BCUT2D eigenvalue weighted by molar-refractivity contribution is -0.931. The third-order valence-corrected chi connectivity index (χ3v) is 7.10. The number of thiazole rings is 1. The van der Waals surface area contributed by atoms with Crippen LogP contribution in [0, 0.1) is 13.8 Å². The van der Waals surface area contributed by atoms with Crippen molar-refractivity contribution in [3.05, 3.63) is 74.6 Å². The first kappa shape index (κ1) is 17.6. The molecule has 1 aliphatic rings. The van der Waals surface area contributed by atoms with Crippen molar-refractivity contribution >= 4 is 32.5 Å². The predicted octanol–water partition coefficient (Wildman–Crippen LogP) is 3.94. The van der Waals surface area contributed by atoms with Crippen LogP contribution >= 0.6 is 11.3 Å². The highest BCUT2D eigenvalue weighted by molar-refractivity contribution is 7.18. The summed E-state index contributed by atoms with van der Waals surface area (Å²) >= 11 is 1.81. The topological polar surface area (TPSA) is 47.5 Å². The fraction of sp³-hybridized carbons (Fsp3) is 0.304. The lowest BCUT2D eigenvalue weighted by Crippen LogP contribution is -3.08.